The van der Waals surface area contributed by atoms with Crippen molar-refractivity contribution in [3.63, 3.8) is 0 Å². The van der Waals surface area contributed by atoms with Crippen LogP contribution < -0.4 is 4.90 Å². The number of hydrogen-bond donors (Lipinski definition) is 1. The first-order chi connectivity index (χ1) is 13.2. The molecular formula is C19H20N6O2. The van der Waals surface area contributed by atoms with Crippen molar-refractivity contribution in [1.29, 1.82) is 0 Å². The number of carboxylic acid groups (broad SMARTS) is 1. The smallest absolute Gasteiger partial charge is 0.335 e. The minimum absolute atomic E-state index is 0.195. The predicted molar refractivity (Wildman–Crippen MR) is 99.4 cm³/mol. The van der Waals surface area contributed by atoms with Crippen LogP contribution in [-0.4, -0.2) is 48.7 Å². The lowest BCUT2D eigenvalue weighted by molar-refractivity contribution is 0.0697. The predicted octanol–water partition coefficient (Wildman–Crippen LogP) is 2.35. The third kappa shape index (κ3) is 3.94. The van der Waals surface area contributed by atoms with Crippen LogP contribution in [0.3, 0.4) is 0 Å². The normalized spacial score (nSPS) is 15.0. The molecule has 1 aliphatic heterocycles. The van der Waals surface area contributed by atoms with Crippen molar-refractivity contribution in [2.75, 3.05) is 18.0 Å². The molecule has 8 heteroatoms. The van der Waals surface area contributed by atoms with E-state index < -0.39 is 5.97 Å². The SMILES string of the molecule is O=C(O)c1ccnc(-c2ccnc(N3CCC(Cn4ccnc4)CC3)n2)c1. The number of carbonyl (C=O) groups is 1. The number of anilines is 1. The van der Waals surface area contributed by atoms with Crippen LogP contribution in [0, 0.1) is 5.92 Å². The Morgan fingerprint density at radius 1 is 1.11 bits per heavy atom. The van der Waals surface area contributed by atoms with Crippen molar-refractivity contribution in [1.82, 2.24) is 24.5 Å². The first-order valence-corrected chi connectivity index (χ1v) is 8.92. The Balaban J connectivity index is 1.45. The maximum atomic E-state index is 11.2. The van der Waals surface area contributed by atoms with Gasteiger partial charge in [-0.05, 0) is 37.0 Å². The van der Waals surface area contributed by atoms with E-state index in [0.29, 0.717) is 23.3 Å². The number of carboxylic acids is 1. The van der Waals surface area contributed by atoms with Gasteiger partial charge in [0, 0.05) is 44.4 Å². The van der Waals surface area contributed by atoms with Gasteiger partial charge in [0.25, 0.3) is 0 Å². The minimum Gasteiger partial charge on any atom is -0.478 e. The molecule has 1 N–H and O–H groups in total. The largest absolute Gasteiger partial charge is 0.478 e. The molecule has 138 valence electrons. The fraction of sp³-hybridized carbons (Fsp3) is 0.316. The van der Waals surface area contributed by atoms with Gasteiger partial charge in [-0.2, -0.15) is 0 Å². The summed E-state index contributed by atoms with van der Waals surface area (Å²) in [4.78, 5) is 30.7. The van der Waals surface area contributed by atoms with E-state index in [2.05, 4.69) is 29.4 Å². The van der Waals surface area contributed by atoms with Crippen LogP contribution in [0.2, 0.25) is 0 Å². The van der Waals surface area contributed by atoms with Crippen LogP contribution in [0.1, 0.15) is 23.2 Å². The summed E-state index contributed by atoms with van der Waals surface area (Å²) in [6.45, 7) is 2.78. The molecule has 1 saturated heterocycles. The zero-order chi connectivity index (χ0) is 18.6. The quantitative estimate of drug-likeness (QED) is 0.742. The lowest BCUT2D eigenvalue weighted by atomic mass is 9.97. The summed E-state index contributed by atoms with van der Waals surface area (Å²) >= 11 is 0. The molecule has 0 atom stereocenters. The molecule has 4 rings (SSSR count). The first kappa shape index (κ1) is 17.1. The first-order valence-electron chi connectivity index (χ1n) is 8.92. The van der Waals surface area contributed by atoms with Crippen LogP contribution in [0.5, 0.6) is 0 Å². The molecular weight excluding hydrogens is 344 g/mol. The van der Waals surface area contributed by atoms with Gasteiger partial charge in [-0.15, -0.1) is 0 Å². The molecule has 8 nitrogen and oxygen atoms in total. The highest BCUT2D eigenvalue weighted by molar-refractivity contribution is 5.88. The number of hydrogen-bond acceptors (Lipinski definition) is 6. The third-order valence-electron chi connectivity index (χ3n) is 4.84. The Morgan fingerprint density at radius 2 is 1.93 bits per heavy atom. The van der Waals surface area contributed by atoms with E-state index in [-0.39, 0.29) is 5.56 Å². The summed E-state index contributed by atoms with van der Waals surface area (Å²) < 4.78 is 2.12. The molecule has 0 saturated carbocycles. The van der Waals surface area contributed by atoms with Crippen molar-refractivity contribution in [2.45, 2.75) is 19.4 Å². The number of piperidine rings is 1. The van der Waals surface area contributed by atoms with E-state index in [1.54, 1.807) is 12.3 Å². The summed E-state index contributed by atoms with van der Waals surface area (Å²) in [5, 5.41) is 9.16. The van der Waals surface area contributed by atoms with Gasteiger partial charge in [0.2, 0.25) is 5.95 Å². The highest BCUT2D eigenvalue weighted by atomic mass is 16.4. The van der Waals surface area contributed by atoms with E-state index in [4.69, 9.17) is 5.11 Å². The van der Waals surface area contributed by atoms with Gasteiger partial charge in [0.15, 0.2) is 0 Å². The number of rotatable bonds is 5. The molecule has 0 unspecified atom stereocenters. The molecule has 0 aliphatic carbocycles. The highest BCUT2D eigenvalue weighted by Gasteiger charge is 2.21. The van der Waals surface area contributed by atoms with E-state index >= 15 is 0 Å². The number of nitrogens with zero attached hydrogens (tertiary/aromatic N) is 6. The van der Waals surface area contributed by atoms with Gasteiger partial charge in [0.05, 0.1) is 23.3 Å². The van der Waals surface area contributed by atoms with E-state index in [1.807, 2.05) is 18.7 Å². The molecule has 4 heterocycles. The Labute approximate surface area is 156 Å². The van der Waals surface area contributed by atoms with Crippen LogP contribution in [0.25, 0.3) is 11.4 Å². The van der Waals surface area contributed by atoms with Gasteiger partial charge in [-0.3, -0.25) is 4.98 Å². The number of pyridine rings is 1. The molecule has 0 spiro atoms. The Kier molecular flexibility index (Phi) is 4.78. The second kappa shape index (κ2) is 7.53. The lowest BCUT2D eigenvalue weighted by Gasteiger charge is -2.32. The molecule has 27 heavy (non-hydrogen) atoms. The number of imidazole rings is 1. The average Bonchev–Trinajstić information content (AvgIpc) is 3.22. The molecule has 0 bridgehead atoms. The Bertz CT molecular complexity index is 919. The summed E-state index contributed by atoms with van der Waals surface area (Å²) in [6.07, 6.45) is 11.0. The minimum atomic E-state index is -0.979. The molecule has 1 fully saturated rings. The van der Waals surface area contributed by atoms with Crippen molar-refractivity contribution in [3.05, 3.63) is 54.9 Å². The van der Waals surface area contributed by atoms with Gasteiger partial charge >= 0.3 is 5.97 Å². The van der Waals surface area contributed by atoms with Crippen molar-refractivity contribution < 1.29 is 9.90 Å². The Morgan fingerprint density at radius 3 is 2.67 bits per heavy atom. The summed E-state index contributed by atoms with van der Waals surface area (Å²) in [6, 6.07) is 4.76. The molecule has 0 radical (unpaired) electrons. The maximum Gasteiger partial charge on any atom is 0.335 e. The number of aromatic nitrogens is 5. The van der Waals surface area contributed by atoms with Gasteiger partial charge in [-0.25, -0.2) is 19.7 Å². The molecule has 1 aliphatic rings. The fourth-order valence-corrected chi connectivity index (χ4v) is 3.36. The van der Waals surface area contributed by atoms with Crippen LogP contribution in [0.15, 0.2) is 49.3 Å². The van der Waals surface area contributed by atoms with E-state index in [0.717, 1.165) is 32.5 Å². The second-order valence-electron chi connectivity index (χ2n) is 6.67. The standard InChI is InChI=1S/C19H20N6O2/c26-18(27)15-1-5-21-17(11-15)16-2-6-22-19(23-16)25-8-3-14(4-9-25)12-24-10-7-20-13-24/h1-2,5-7,10-11,13-14H,3-4,8-9,12H2,(H,26,27). The summed E-state index contributed by atoms with van der Waals surface area (Å²) in [7, 11) is 0. The van der Waals surface area contributed by atoms with Crippen LogP contribution in [-0.2, 0) is 6.54 Å². The lowest BCUT2D eigenvalue weighted by Crippen LogP contribution is -2.36. The van der Waals surface area contributed by atoms with Crippen molar-refractivity contribution >= 4 is 11.9 Å². The third-order valence-corrected chi connectivity index (χ3v) is 4.84. The van der Waals surface area contributed by atoms with Gasteiger partial charge < -0.3 is 14.6 Å². The van der Waals surface area contributed by atoms with Gasteiger partial charge in [-0.1, -0.05) is 0 Å². The van der Waals surface area contributed by atoms with E-state index in [1.165, 1.54) is 18.3 Å². The molecule has 3 aromatic heterocycles. The van der Waals surface area contributed by atoms with E-state index in [9.17, 15) is 4.79 Å². The molecule has 0 amide bonds. The molecule has 3 aromatic rings. The summed E-state index contributed by atoms with van der Waals surface area (Å²) in [5.74, 6) is 0.302. The van der Waals surface area contributed by atoms with Crippen LogP contribution >= 0.6 is 0 Å². The van der Waals surface area contributed by atoms with Crippen molar-refractivity contribution in [2.24, 2.45) is 5.92 Å². The number of aromatic carboxylic acids is 1. The zero-order valence-electron chi connectivity index (χ0n) is 14.8. The van der Waals surface area contributed by atoms with Gasteiger partial charge in [0.1, 0.15) is 0 Å². The highest BCUT2D eigenvalue weighted by Crippen LogP contribution is 2.24. The monoisotopic (exact) mass is 364 g/mol. The topological polar surface area (TPSA) is 97.0 Å². The molecule has 0 aromatic carbocycles. The average molecular weight is 364 g/mol. The maximum absolute atomic E-state index is 11.2. The Hall–Kier alpha value is -3.29. The van der Waals surface area contributed by atoms with Crippen LogP contribution in [0.4, 0.5) is 5.95 Å². The zero-order valence-corrected chi connectivity index (χ0v) is 14.8. The summed E-state index contributed by atoms with van der Waals surface area (Å²) in [5.41, 5.74) is 1.36. The fourth-order valence-electron chi connectivity index (χ4n) is 3.36. The van der Waals surface area contributed by atoms with Crippen molar-refractivity contribution in [3.8, 4) is 11.4 Å². The second-order valence-corrected chi connectivity index (χ2v) is 6.67.